The molecule has 2 N–H and O–H groups in total. The molecule has 22 heavy (non-hydrogen) atoms. The molecule has 7 nitrogen and oxygen atoms in total. The lowest BCUT2D eigenvalue weighted by Gasteiger charge is -2.08. The van der Waals surface area contributed by atoms with Gasteiger partial charge in [0.05, 0.1) is 10.5 Å². The Morgan fingerprint density at radius 2 is 2.14 bits per heavy atom. The minimum atomic E-state index is -4.09. The maximum Gasteiger partial charge on any atom is 0.338 e. The molecule has 2 aromatic rings. The van der Waals surface area contributed by atoms with Crippen molar-refractivity contribution in [3.63, 3.8) is 0 Å². The second kappa shape index (κ2) is 5.76. The van der Waals surface area contributed by atoms with E-state index in [9.17, 15) is 17.6 Å². The minimum absolute atomic E-state index is 0.199. The lowest BCUT2D eigenvalue weighted by atomic mass is 10.2. The van der Waals surface area contributed by atoms with Crippen LogP contribution in [0.3, 0.4) is 0 Å². The summed E-state index contributed by atoms with van der Waals surface area (Å²) in [6.45, 7) is 3.31. The molecule has 0 unspecified atom stereocenters. The van der Waals surface area contributed by atoms with Gasteiger partial charge in [0.25, 0.3) is 10.0 Å². The van der Waals surface area contributed by atoms with Gasteiger partial charge in [-0.2, -0.15) is 0 Å². The van der Waals surface area contributed by atoms with Crippen LogP contribution in [-0.4, -0.2) is 24.7 Å². The van der Waals surface area contributed by atoms with Crippen molar-refractivity contribution in [3.8, 4) is 0 Å². The van der Waals surface area contributed by atoms with Gasteiger partial charge in [-0.25, -0.2) is 17.6 Å². The summed E-state index contributed by atoms with van der Waals surface area (Å²) < 4.78 is 45.3. The Kier molecular flexibility index (Phi) is 4.18. The number of aromatic nitrogens is 1. The van der Waals surface area contributed by atoms with Gasteiger partial charge in [-0.05, 0) is 31.5 Å². The van der Waals surface area contributed by atoms with Gasteiger partial charge in [-0.3, -0.25) is 4.72 Å². The van der Waals surface area contributed by atoms with Crippen molar-refractivity contribution < 1.29 is 27.2 Å². The fraction of sp³-hybridized carbons (Fsp3) is 0.231. The first kappa shape index (κ1) is 16.0. The maximum atomic E-state index is 13.6. The summed E-state index contributed by atoms with van der Waals surface area (Å²) in [5.74, 6) is -2.33. The Morgan fingerprint density at radius 1 is 1.45 bits per heavy atom. The van der Waals surface area contributed by atoms with Gasteiger partial charge in [0, 0.05) is 0 Å². The molecule has 2 rings (SSSR count). The Morgan fingerprint density at radius 3 is 2.68 bits per heavy atom. The Balaban J connectivity index is 2.41. The number of carboxylic acid groups (broad SMARTS) is 1. The number of aromatic carboxylic acids is 1. The zero-order valence-electron chi connectivity index (χ0n) is 11.8. The van der Waals surface area contributed by atoms with Gasteiger partial charge in [0.1, 0.15) is 17.2 Å². The third-order valence-corrected chi connectivity index (χ3v) is 4.33. The predicted molar refractivity (Wildman–Crippen MR) is 74.8 cm³/mol. The lowest BCUT2D eigenvalue weighted by molar-refractivity contribution is 0.0691. The van der Waals surface area contributed by atoms with Crippen LogP contribution < -0.4 is 4.72 Å². The zero-order valence-corrected chi connectivity index (χ0v) is 12.6. The van der Waals surface area contributed by atoms with Crippen molar-refractivity contribution in [2.75, 3.05) is 4.72 Å². The molecule has 0 saturated carbocycles. The summed E-state index contributed by atoms with van der Waals surface area (Å²) in [4.78, 5) is 10.4. The van der Waals surface area contributed by atoms with Crippen LogP contribution in [0, 0.1) is 12.7 Å². The van der Waals surface area contributed by atoms with E-state index in [2.05, 4.69) is 9.88 Å². The largest absolute Gasteiger partial charge is 0.478 e. The molecule has 0 aliphatic rings. The summed E-state index contributed by atoms with van der Waals surface area (Å²) in [6, 6.07) is 2.57. The molecule has 0 radical (unpaired) electrons. The molecule has 9 heteroatoms. The van der Waals surface area contributed by atoms with Crippen LogP contribution in [-0.2, 0) is 16.4 Å². The molecule has 1 aromatic heterocycles. The average molecular weight is 328 g/mol. The molecule has 118 valence electrons. The third kappa shape index (κ3) is 2.93. The van der Waals surface area contributed by atoms with Gasteiger partial charge >= 0.3 is 5.97 Å². The van der Waals surface area contributed by atoms with E-state index < -0.39 is 32.3 Å². The van der Waals surface area contributed by atoms with Crippen molar-refractivity contribution in [1.82, 2.24) is 5.16 Å². The van der Waals surface area contributed by atoms with Gasteiger partial charge in [0.2, 0.25) is 0 Å². The molecule has 0 aliphatic heterocycles. The summed E-state index contributed by atoms with van der Waals surface area (Å²) in [6.07, 6.45) is 0.446. The number of carboxylic acids is 1. The van der Waals surface area contributed by atoms with E-state index in [1.54, 1.807) is 6.92 Å². The van der Waals surface area contributed by atoms with Gasteiger partial charge in [-0.1, -0.05) is 12.1 Å². The van der Waals surface area contributed by atoms with E-state index in [4.69, 9.17) is 9.63 Å². The second-order valence-corrected chi connectivity index (χ2v) is 6.15. The molecule has 0 aliphatic carbocycles. The predicted octanol–water partition coefficient (Wildman–Crippen LogP) is 2.18. The molecule has 0 bridgehead atoms. The van der Waals surface area contributed by atoms with Crippen LogP contribution >= 0.6 is 0 Å². The number of carbonyl (C=O) groups is 1. The number of rotatable bonds is 5. The van der Waals surface area contributed by atoms with Crippen LogP contribution in [0.15, 0.2) is 27.6 Å². The lowest BCUT2D eigenvalue weighted by Crippen LogP contribution is -2.15. The number of nitrogens with zero attached hydrogens (tertiary/aromatic N) is 1. The van der Waals surface area contributed by atoms with Crippen molar-refractivity contribution in [3.05, 3.63) is 41.0 Å². The topological polar surface area (TPSA) is 110 Å². The molecule has 1 heterocycles. The highest BCUT2D eigenvalue weighted by molar-refractivity contribution is 7.92. The van der Waals surface area contributed by atoms with Crippen molar-refractivity contribution >= 4 is 21.7 Å². The quantitative estimate of drug-likeness (QED) is 0.870. The summed E-state index contributed by atoms with van der Waals surface area (Å²) >= 11 is 0. The number of sulfonamides is 1. The van der Waals surface area contributed by atoms with Gasteiger partial charge < -0.3 is 9.63 Å². The first-order valence-corrected chi connectivity index (χ1v) is 7.75. The summed E-state index contributed by atoms with van der Waals surface area (Å²) in [5.41, 5.74) is 0.0169. The van der Waals surface area contributed by atoms with Crippen LogP contribution in [0.1, 0.15) is 28.7 Å². The molecular formula is C13H13FN2O5S. The first-order valence-electron chi connectivity index (χ1n) is 6.27. The highest BCUT2D eigenvalue weighted by atomic mass is 32.2. The van der Waals surface area contributed by atoms with Crippen LogP contribution in [0.25, 0.3) is 0 Å². The Hall–Kier alpha value is -2.42. The van der Waals surface area contributed by atoms with Crippen molar-refractivity contribution in [2.24, 2.45) is 0 Å². The maximum absolute atomic E-state index is 13.6. The normalized spacial score (nSPS) is 11.4. The molecule has 0 atom stereocenters. The van der Waals surface area contributed by atoms with Gasteiger partial charge in [-0.15, -0.1) is 0 Å². The van der Waals surface area contributed by atoms with Crippen molar-refractivity contribution in [1.29, 1.82) is 0 Å². The zero-order chi connectivity index (χ0) is 16.5. The first-order chi connectivity index (χ1) is 10.3. The molecular weight excluding hydrogens is 315 g/mol. The molecule has 1 aromatic carbocycles. The van der Waals surface area contributed by atoms with E-state index in [-0.39, 0.29) is 11.4 Å². The number of benzene rings is 1. The van der Waals surface area contributed by atoms with Crippen LogP contribution in [0.5, 0.6) is 0 Å². The van der Waals surface area contributed by atoms with Crippen molar-refractivity contribution in [2.45, 2.75) is 25.2 Å². The molecule has 0 fully saturated rings. The van der Waals surface area contributed by atoms with E-state index >= 15 is 0 Å². The molecule has 0 spiro atoms. The standard InChI is InChI=1S/C13H13FN2O5S/c1-3-11-12(7(2)21-15-11)16-22(19,20)8-4-5-9(13(17)18)10(14)6-8/h4-6,16H,3H2,1-2H3,(H,17,18). The minimum Gasteiger partial charge on any atom is -0.478 e. The average Bonchev–Trinajstić information content (AvgIpc) is 2.78. The number of hydrogen-bond acceptors (Lipinski definition) is 5. The van der Waals surface area contributed by atoms with E-state index in [0.29, 0.717) is 18.2 Å². The summed E-state index contributed by atoms with van der Waals surface area (Å²) in [5, 5.41) is 12.5. The van der Waals surface area contributed by atoms with Gasteiger partial charge in [0.15, 0.2) is 5.76 Å². The highest BCUT2D eigenvalue weighted by Crippen LogP contribution is 2.24. The SMILES string of the molecule is CCc1noc(C)c1NS(=O)(=O)c1ccc(C(=O)O)c(F)c1. The number of halogens is 1. The second-order valence-electron chi connectivity index (χ2n) is 4.47. The van der Waals surface area contributed by atoms with Crippen LogP contribution in [0.2, 0.25) is 0 Å². The number of nitrogens with one attached hydrogen (secondary N) is 1. The number of aryl methyl sites for hydroxylation is 2. The smallest absolute Gasteiger partial charge is 0.338 e. The fourth-order valence-corrected chi connectivity index (χ4v) is 2.97. The van der Waals surface area contributed by atoms with Crippen LogP contribution in [0.4, 0.5) is 10.1 Å². The monoisotopic (exact) mass is 328 g/mol. The number of anilines is 1. The number of hydrogen-bond donors (Lipinski definition) is 2. The summed E-state index contributed by atoms with van der Waals surface area (Å²) in [7, 11) is -4.09. The van der Waals surface area contributed by atoms with E-state index in [0.717, 1.165) is 12.1 Å². The third-order valence-electron chi connectivity index (χ3n) is 2.99. The Bertz CT molecular complexity index is 829. The fourth-order valence-electron chi connectivity index (χ4n) is 1.82. The Labute approximate surface area is 125 Å². The van der Waals surface area contributed by atoms with E-state index in [1.165, 1.54) is 6.92 Å². The molecule has 0 amide bonds. The van der Waals surface area contributed by atoms with E-state index in [1.807, 2.05) is 0 Å². The highest BCUT2D eigenvalue weighted by Gasteiger charge is 2.22. The molecule has 0 saturated heterocycles.